The van der Waals surface area contributed by atoms with E-state index in [1.54, 1.807) is 43.0 Å². The van der Waals surface area contributed by atoms with Gasteiger partial charge in [-0.2, -0.15) is 0 Å². The molecule has 0 spiro atoms. The van der Waals surface area contributed by atoms with Crippen LogP contribution in [0.5, 0.6) is 5.75 Å². The predicted octanol–water partition coefficient (Wildman–Crippen LogP) is 3.05. The number of fused-ring (bicyclic) bond motifs is 1. The summed E-state index contributed by atoms with van der Waals surface area (Å²) in [6, 6.07) is 11.8. The van der Waals surface area contributed by atoms with Crippen LogP contribution < -0.4 is 10.6 Å². The number of pyridine rings is 1. The summed E-state index contributed by atoms with van der Waals surface area (Å²) < 4.78 is 0. The number of nitrogens with zero attached hydrogens (tertiary/aromatic N) is 2. The third-order valence-electron chi connectivity index (χ3n) is 5.07. The first-order valence-corrected chi connectivity index (χ1v) is 9.89. The van der Waals surface area contributed by atoms with Crippen molar-refractivity contribution in [1.82, 2.24) is 20.3 Å². The first-order chi connectivity index (χ1) is 15.0. The molecule has 0 aliphatic heterocycles. The lowest BCUT2D eigenvalue weighted by atomic mass is 10.1. The molecule has 1 atom stereocenters. The monoisotopic (exact) mass is 417 g/mol. The van der Waals surface area contributed by atoms with E-state index in [0.29, 0.717) is 17.5 Å². The number of benzene rings is 2. The molecule has 8 heteroatoms. The molecule has 0 fully saturated rings. The van der Waals surface area contributed by atoms with E-state index in [4.69, 9.17) is 0 Å². The highest BCUT2D eigenvalue weighted by Gasteiger charge is 2.18. The Bertz CT molecular complexity index is 1210. The first-order valence-electron chi connectivity index (χ1n) is 9.89. The number of phenols is 1. The average molecular weight is 417 g/mol. The fraction of sp³-hybridized carbons (Fsp3) is 0.174. The van der Waals surface area contributed by atoms with E-state index in [0.717, 1.165) is 28.0 Å². The molecule has 0 aliphatic rings. The number of aliphatic hydroxyl groups is 1. The molecule has 2 heterocycles. The molecule has 0 radical (unpaired) electrons. The number of para-hydroxylation sites is 1. The Morgan fingerprint density at radius 2 is 2.03 bits per heavy atom. The number of amides is 1. The van der Waals surface area contributed by atoms with E-state index in [1.807, 2.05) is 25.1 Å². The van der Waals surface area contributed by atoms with Crippen LogP contribution in [-0.4, -0.2) is 43.7 Å². The van der Waals surface area contributed by atoms with Gasteiger partial charge in [-0.3, -0.25) is 9.78 Å². The van der Waals surface area contributed by atoms with Gasteiger partial charge in [-0.1, -0.05) is 18.2 Å². The molecule has 0 saturated carbocycles. The minimum absolute atomic E-state index is 0.165. The van der Waals surface area contributed by atoms with E-state index in [-0.39, 0.29) is 18.3 Å². The number of hydrogen-bond donors (Lipinski definition) is 5. The number of aromatic nitrogens is 3. The summed E-state index contributed by atoms with van der Waals surface area (Å²) in [4.78, 5) is 24.4. The number of aromatic hydroxyl groups is 1. The zero-order valence-corrected chi connectivity index (χ0v) is 17.0. The Morgan fingerprint density at radius 1 is 1.16 bits per heavy atom. The van der Waals surface area contributed by atoms with E-state index in [1.165, 1.54) is 0 Å². The zero-order valence-electron chi connectivity index (χ0n) is 17.0. The molecule has 1 amide bonds. The number of aryl methyl sites for hydroxylation is 1. The maximum absolute atomic E-state index is 13.0. The molecule has 31 heavy (non-hydrogen) atoms. The largest absolute Gasteiger partial charge is 0.508 e. The molecule has 2 aromatic heterocycles. The molecule has 0 saturated heterocycles. The van der Waals surface area contributed by atoms with Crippen molar-refractivity contribution in [3.63, 3.8) is 0 Å². The maximum atomic E-state index is 13.0. The molecule has 0 bridgehead atoms. The highest BCUT2D eigenvalue weighted by Crippen LogP contribution is 2.30. The standard InChI is InChI=1S/C23H23N5O3/c1-14-5-6-17(30)10-21(14)28-20-7-8-25-22-18(20)3-2-4-19(22)23(31)27-16(12-29)9-15-11-24-13-26-15/h2-8,10-11,13,16,29-30H,9,12H2,1H3,(H,24,26)(H,25,28)(H,27,31)/t16-/m0/s1. The molecular weight excluding hydrogens is 394 g/mol. The van der Waals surface area contributed by atoms with Crippen LogP contribution in [0.15, 0.2) is 61.2 Å². The van der Waals surface area contributed by atoms with E-state index >= 15 is 0 Å². The van der Waals surface area contributed by atoms with E-state index in [9.17, 15) is 15.0 Å². The summed E-state index contributed by atoms with van der Waals surface area (Å²) in [5.74, 6) is -0.156. The van der Waals surface area contributed by atoms with Crippen LogP contribution in [0, 0.1) is 6.92 Å². The van der Waals surface area contributed by atoms with Gasteiger partial charge in [-0.05, 0) is 30.7 Å². The van der Waals surface area contributed by atoms with E-state index in [2.05, 4.69) is 25.6 Å². The van der Waals surface area contributed by atoms with Crippen LogP contribution >= 0.6 is 0 Å². The van der Waals surface area contributed by atoms with Gasteiger partial charge >= 0.3 is 0 Å². The summed E-state index contributed by atoms with van der Waals surface area (Å²) in [7, 11) is 0. The number of imidazole rings is 1. The third kappa shape index (κ3) is 4.49. The minimum atomic E-state index is -0.470. The molecular formula is C23H23N5O3. The summed E-state index contributed by atoms with van der Waals surface area (Å²) in [5.41, 5.74) is 4.21. The Kier molecular flexibility index (Phi) is 5.81. The van der Waals surface area contributed by atoms with Gasteiger partial charge in [0.2, 0.25) is 0 Å². The second kappa shape index (κ2) is 8.85. The summed E-state index contributed by atoms with van der Waals surface area (Å²) >= 11 is 0. The van der Waals surface area contributed by atoms with Crippen LogP contribution in [0.4, 0.5) is 11.4 Å². The number of H-pyrrole nitrogens is 1. The Labute approximate surface area is 179 Å². The second-order valence-corrected chi connectivity index (χ2v) is 7.30. The number of carbonyl (C=O) groups is 1. The first kappa shape index (κ1) is 20.4. The number of aliphatic hydroxyl groups excluding tert-OH is 1. The maximum Gasteiger partial charge on any atom is 0.253 e. The van der Waals surface area contributed by atoms with Crippen molar-refractivity contribution in [1.29, 1.82) is 0 Å². The van der Waals surface area contributed by atoms with Crippen molar-refractivity contribution in [2.75, 3.05) is 11.9 Å². The number of carbonyl (C=O) groups excluding carboxylic acids is 1. The van der Waals surface area contributed by atoms with Gasteiger partial charge < -0.3 is 25.8 Å². The van der Waals surface area contributed by atoms with Gasteiger partial charge in [-0.25, -0.2) is 4.98 Å². The summed E-state index contributed by atoms with van der Waals surface area (Å²) in [6.07, 6.45) is 5.33. The third-order valence-corrected chi connectivity index (χ3v) is 5.07. The van der Waals surface area contributed by atoms with Crippen molar-refractivity contribution in [2.45, 2.75) is 19.4 Å². The van der Waals surface area contributed by atoms with Gasteiger partial charge in [0.1, 0.15) is 5.75 Å². The molecule has 8 nitrogen and oxygen atoms in total. The highest BCUT2D eigenvalue weighted by molar-refractivity contribution is 6.08. The topological polar surface area (TPSA) is 123 Å². The van der Waals surface area contributed by atoms with Gasteiger partial charge in [-0.15, -0.1) is 0 Å². The lowest BCUT2D eigenvalue weighted by Gasteiger charge is -2.17. The number of phenolic OH excluding ortho intramolecular Hbond substituents is 1. The normalized spacial score (nSPS) is 11.9. The number of anilines is 2. The molecule has 0 unspecified atom stereocenters. The molecule has 4 rings (SSSR count). The van der Waals surface area contributed by atoms with Gasteiger partial charge in [0, 0.05) is 41.6 Å². The van der Waals surface area contributed by atoms with Crippen LogP contribution in [-0.2, 0) is 6.42 Å². The fourth-order valence-electron chi connectivity index (χ4n) is 3.44. The van der Waals surface area contributed by atoms with Crippen molar-refractivity contribution in [2.24, 2.45) is 0 Å². The lowest BCUT2D eigenvalue weighted by molar-refractivity contribution is 0.0917. The minimum Gasteiger partial charge on any atom is -0.508 e. The Hall–Kier alpha value is -3.91. The van der Waals surface area contributed by atoms with Gasteiger partial charge in [0.05, 0.1) is 35.8 Å². The Morgan fingerprint density at radius 3 is 2.81 bits per heavy atom. The van der Waals surface area contributed by atoms with Crippen LogP contribution in [0.25, 0.3) is 10.9 Å². The predicted molar refractivity (Wildman–Crippen MR) is 119 cm³/mol. The molecule has 2 aromatic carbocycles. The SMILES string of the molecule is Cc1ccc(O)cc1Nc1ccnc2c(C(=O)N[C@H](CO)Cc3c[nH]cn3)cccc12. The average Bonchev–Trinajstić information content (AvgIpc) is 3.28. The highest BCUT2D eigenvalue weighted by atomic mass is 16.3. The zero-order chi connectivity index (χ0) is 21.8. The fourth-order valence-corrected chi connectivity index (χ4v) is 3.44. The van der Waals surface area contributed by atoms with E-state index < -0.39 is 6.04 Å². The lowest BCUT2D eigenvalue weighted by Crippen LogP contribution is -2.39. The molecule has 158 valence electrons. The molecule has 0 aliphatic carbocycles. The van der Waals surface area contributed by atoms with Gasteiger partial charge in [0.25, 0.3) is 5.91 Å². The second-order valence-electron chi connectivity index (χ2n) is 7.30. The molecule has 4 aromatic rings. The van der Waals surface area contributed by atoms with Crippen molar-refractivity contribution in [3.05, 3.63) is 78.0 Å². The van der Waals surface area contributed by atoms with Crippen molar-refractivity contribution >= 4 is 28.2 Å². The van der Waals surface area contributed by atoms with Crippen molar-refractivity contribution < 1.29 is 15.0 Å². The number of aromatic amines is 1. The molecule has 5 N–H and O–H groups in total. The quantitative estimate of drug-likeness (QED) is 0.315. The van der Waals surface area contributed by atoms with Gasteiger partial charge in [0.15, 0.2) is 0 Å². The van der Waals surface area contributed by atoms with Crippen LogP contribution in [0.2, 0.25) is 0 Å². The summed E-state index contributed by atoms with van der Waals surface area (Å²) in [5, 5.41) is 26.5. The number of rotatable bonds is 7. The number of hydrogen-bond acceptors (Lipinski definition) is 6. The summed E-state index contributed by atoms with van der Waals surface area (Å²) in [6.45, 7) is 1.73. The van der Waals surface area contributed by atoms with Crippen molar-refractivity contribution in [3.8, 4) is 5.75 Å². The van der Waals surface area contributed by atoms with Crippen LogP contribution in [0.1, 0.15) is 21.6 Å². The number of nitrogens with one attached hydrogen (secondary N) is 3. The Balaban J connectivity index is 1.62. The van der Waals surface area contributed by atoms with Crippen LogP contribution in [0.3, 0.4) is 0 Å². The smallest absolute Gasteiger partial charge is 0.253 e.